The number of hydrogen-bond acceptors (Lipinski definition) is 8. The summed E-state index contributed by atoms with van der Waals surface area (Å²) in [6, 6.07) is 0. The highest BCUT2D eigenvalue weighted by Crippen LogP contribution is 2.43. The number of rotatable bonds is 35. The first kappa shape index (κ1) is 47.7. The van der Waals surface area contributed by atoms with Crippen molar-refractivity contribution in [2.24, 2.45) is 5.73 Å². The molecule has 0 aromatic rings. The van der Waals surface area contributed by atoms with Crippen molar-refractivity contribution < 1.29 is 37.6 Å². The van der Waals surface area contributed by atoms with E-state index in [-0.39, 0.29) is 32.6 Å². The van der Waals surface area contributed by atoms with Gasteiger partial charge in [-0.2, -0.15) is 0 Å². The van der Waals surface area contributed by atoms with Crippen molar-refractivity contribution in [3.05, 3.63) is 60.8 Å². The van der Waals surface area contributed by atoms with Crippen molar-refractivity contribution in [3.63, 3.8) is 0 Å². The number of unbranched alkanes of at least 4 members (excludes halogenated alkanes) is 12. The molecule has 0 rings (SSSR count). The summed E-state index contributed by atoms with van der Waals surface area (Å²) < 4.78 is 32.6. The van der Waals surface area contributed by atoms with Crippen LogP contribution < -0.4 is 5.73 Å². The second-order valence-electron chi connectivity index (χ2n) is 12.4. The predicted octanol–water partition coefficient (Wildman–Crippen LogP) is 10.5. The number of carbonyl (C=O) groups excluding carboxylic acids is 2. The van der Waals surface area contributed by atoms with Gasteiger partial charge in [-0.3, -0.25) is 18.6 Å². The Balaban J connectivity index is 4.32. The largest absolute Gasteiger partial charge is 0.472 e. The Bertz CT molecular complexity index is 1010. The Kier molecular flexibility index (Phi) is 34.8. The summed E-state index contributed by atoms with van der Waals surface area (Å²) in [5, 5.41) is 0. The molecule has 50 heavy (non-hydrogen) atoms. The molecule has 0 aromatic carbocycles. The van der Waals surface area contributed by atoms with Gasteiger partial charge in [0, 0.05) is 19.4 Å². The summed E-state index contributed by atoms with van der Waals surface area (Å²) in [6.45, 7) is 3.53. The van der Waals surface area contributed by atoms with Gasteiger partial charge in [0.1, 0.15) is 6.61 Å². The maximum Gasteiger partial charge on any atom is 0.472 e. The monoisotopic (exact) mass is 723 g/mol. The third-order valence-electron chi connectivity index (χ3n) is 7.67. The van der Waals surface area contributed by atoms with E-state index in [1.165, 1.54) is 51.4 Å². The zero-order chi connectivity index (χ0) is 36.8. The smallest absolute Gasteiger partial charge is 0.462 e. The van der Waals surface area contributed by atoms with Gasteiger partial charge in [0.15, 0.2) is 6.10 Å². The van der Waals surface area contributed by atoms with Gasteiger partial charge >= 0.3 is 19.8 Å². The number of phosphoric acid groups is 1. The van der Waals surface area contributed by atoms with E-state index < -0.39 is 32.5 Å². The van der Waals surface area contributed by atoms with Crippen molar-refractivity contribution in [1.29, 1.82) is 0 Å². The van der Waals surface area contributed by atoms with Crippen molar-refractivity contribution in [2.45, 2.75) is 155 Å². The maximum atomic E-state index is 12.5. The Labute approximate surface area is 304 Å². The Morgan fingerprint density at radius 3 is 1.62 bits per heavy atom. The minimum atomic E-state index is -4.38. The fourth-order valence-electron chi connectivity index (χ4n) is 4.84. The standard InChI is InChI=1S/C40H70NO8P/c1-3-5-7-9-11-13-15-17-18-19-20-21-23-24-26-28-30-32-39(42)46-36-38(37-48-50(44,45)47-35-34-41)49-40(43)33-31-29-27-25-22-16-14-12-10-8-6-4-2/h5,7,11,13,17-18,20-21,24,26,38H,3-4,6,8-10,12,14-16,19,22-23,25,27-37,41H2,1-2H3,(H,44,45)/b7-5-,13-11-,18-17-,21-20-,26-24-/t38-/m1/s1. The molecular weight excluding hydrogens is 653 g/mol. The maximum absolute atomic E-state index is 12.5. The average Bonchev–Trinajstić information content (AvgIpc) is 3.10. The zero-order valence-electron chi connectivity index (χ0n) is 31.4. The second kappa shape index (κ2) is 36.5. The molecule has 0 heterocycles. The van der Waals surface area contributed by atoms with Crippen LogP contribution in [0.15, 0.2) is 60.8 Å². The molecule has 9 nitrogen and oxygen atoms in total. The highest BCUT2D eigenvalue weighted by atomic mass is 31.2. The van der Waals surface area contributed by atoms with Crippen LogP contribution in [-0.4, -0.2) is 49.3 Å². The number of ether oxygens (including phenoxy) is 2. The molecule has 0 aliphatic rings. The van der Waals surface area contributed by atoms with Crippen LogP contribution >= 0.6 is 7.82 Å². The van der Waals surface area contributed by atoms with E-state index in [2.05, 4.69) is 68.5 Å². The third kappa shape index (κ3) is 35.5. The molecule has 1 unspecified atom stereocenters. The Morgan fingerprint density at radius 1 is 0.620 bits per heavy atom. The van der Waals surface area contributed by atoms with Gasteiger partial charge in [-0.25, -0.2) is 4.57 Å². The van der Waals surface area contributed by atoms with Gasteiger partial charge in [0.25, 0.3) is 0 Å². The van der Waals surface area contributed by atoms with Gasteiger partial charge in [-0.05, 0) is 51.4 Å². The number of carbonyl (C=O) groups is 2. The highest BCUT2D eigenvalue weighted by molar-refractivity contribution is 7.47. The second-order valence-corrected chi connectivity index (χ2v) is 13.9. The van der Waals surface area contributed by atoms with E-state index in [1.807, 2.05) is 6.08 Å². The third-order valence-corrected chi connectivity index (χ3v) is 8.65. The normalized spacial score (nSPS) is 14.1. The minimum Gasteiger partial charge on any atom is -0.462 e. The topological polar surface area (TPSA) is 134 Å². The molecule has 0 aliphatic heterocycles. The SMILES string of the molecule is CC/C=C\C/C=C\C/C=C\C/C=C\C/C=C\CCCC(=O)OC[C@H](COP(=O)(O)OCCN)OC(=O)CCCCCCCCCCCCCC. The molecule has 0 fully saturated rings. The van der Waals surface area contributed by atoms with Crippen LogP contribution in [0.5, 0.6) is 0 Å². The Hall–Kier alpha value is -2.29. The molecule has 0 radical (unpaired) electrons. The fourth-order valence-corrected chi connectivity index (χ4v) is 5.61. The molecule has 288 valence electrons. The van der Waals surface area contributed by atoms with Gasteiger partial charge in [-0.1, -0.05) is 145 Å². The van der Waals surface area contributed by atoms with Crippen LogP contribution in [0.4, 0.5) is 0 Å². The molecule has 0 saturated heterocycles. The Morgan fingerprint density at radius 2 is 1.10 bits per heavy atom. The van der Waals surface area contributed by atoms with Crippen molar-refractivity contribution >= 4 is 19.8 Å². The molecule has 0 aromatic heterocycles. The van der Waals surface area contributed by atoms with Crippen LogP contribution in [0.2, 0.25) is 0 Å². The zero-order valence-corrected chi connectivity index (χ0v) is 32.3. The van der Waals surface area contributed by atoms with Crippen molar-refractivity contribution in [3.8, 4) is 0 Å². The fraction of sp³-hybridized carbons (Fsp3) is 0.700. The van der Waals surface area contributed by atoms with Gasteiger partial charge in [0.2, 0.25) is 0 Å². The number of nitrogens with two attached hydrogens (primary N) is 1. The molecule has 0 aliphatic carbocycles. The van der Waals surface area contributed by atoms with Crippen LogP contribution in [0.25, 0.3) is 0 Å². The molecule has 0 spiro atoms. The van der Waals surface area contributed by atoms with E-state index in [1.54, 1.807) is 0 Å². The lowest BCUT2D eigenvalue weighted by molar-refractivity contribution is -0.161. The minimum absolute atomic E-state index is 0.0443. The molecule has 0 amide bonds. The molecule has 0 bridgehead atoms. The summed E-state index contributed by atoms with van der Waals surface area (Å²) >= 11 is 0. The number of phosphoric ester groups is 1. The first-order valence-corrected chi connectivity index (χ1v) is 20.8. The molecule has 10 heteroatoms. The highest BCUT2D eigenvalue weighted by Gasteiger charge is 2.25. The summed E-state index contributed by atoms with van der Waals surface area (Å²) in [4.78, 5) is 34.7. The number of esters is 2. The molecule has 0 saturated carbocycles. The quantitative estimate of drug-likeness (QED) is 0.0283. The van der Waals surface area contributed by atoms with E-state index in [0.29, 0.717) is 12.8 Å². The molecule has 3 N–H and O–H groups in total. The van der Waals surface area contributed by atoms with Crippen LogP contribution in [0.1, 0.15) is 149 Å². The summed E-state index contributed by atoms with van der Waals surface area (Å²) in [5.41, 5.74) is 5.33. The van der Waals surface area contributed by atoms with Gasteiger partial charge in [0.05, 0.1) is 13.2 Å². The summed E-state index contributed by atoms with van der Waals surface area (Å²) in [7, 11) is -4.38. The van der Waals surface area contributed by atoms with Gasteiger partial charge in [-0.15, -0.1) is 0 Å². The van der Waals surface area contributed by atoms with E-state index in [9.17, 15) is 19.0 Å². The lowest BCUT2D eigenvalue weighted by atomic mass is 10.0. The first-order valence-electron chi connectivity index (χ1n) is 19.3. The van der Waals surface area contributed by atoms with Crippen LogP contribution in [-0.2, 0) is 32.7 Å². The summed E-state index contributed by atoms with van der Waals surface area (Å²) in [5.74, 6) is -0.901. The lowest BCUT2D eigenvalue weighted by Crippen LogP contribution is -2.29. The van der Waals surface area contributed by atoms with E-state index in [4.69, 9.17) is 24.3 Å². The number of allylic oxidation sites excluding steroid dienone is 10. The first-order chi connectivity index (χ1) is 24.3. The average molecular weight is 724 g/mol. The van der Waals surface area contributed by atoms with Crippen LogP contribution in [0.3, 0.4) is 0 Å². The molecular formula is C40H70NO8P. The van der Waals surface area contributed by atoms with Crippen LogP contribution in [0, 0.1) is 0 Å². The summed E-state index contributed by atoms with van der Waals surface area (Å²) in [6.07, 6.45) is 41.1. The lowest BCUT2D eigenvalue weighted by Gasteiger charge is -2.19. The van der Waals surface area contributed by atoms with Crippen molar-refractivity contribution in [1.82, 2.24) is 0 Å². The number of hydrogen-bond donors (Lipinski definition) is 2. The van der Waals surface area contributed by atoms with E-state index >= 15 is 0 Å². The van der Waals surface area contributed by atoms with E-state index in [0.717, 1.165) is 57.8 Å². The predicted molar refractivity (Wildman–Crippen MR) is 206 cm³/mol. The molecule has 2 atom stereocenters. The van der Waals surface area contributed by atoms with Gasteiger partial charge < -0.3 is 20.1 Å². The van der Waals surface area contributed by atoms with Crippen molar-refractivity contribution in [2.75, 3.05) is 26.4 Å².